The van der Waals surface area contributed by atoms with Crippen molar-refractivity contribution in [3.8, 4) is 11.6 Å². The van der Waals surface area contributed by atoms with Gasteiger partial charge in [0.2, 0.25) is 5.88 Å². The Morgan fingerprint density at radius 3 is 2.32 bits per heavy atom. The molecule has 0 aliphatic carbocycles. The lowest BCUT2D eigenvalue weighted by atomic mass is 10.1. The van der Waals surface area contributed by atoms with Gasteiger partial charge in [-0.15, -0.1) is 0 Å². The molecule has 38 heavy (non-hydrogen) atoms. The molecular formula is C28H19BrFN3O4S. The van der Waals surface area contributed by atoms with Gasteiger partial charge in [-0.25, -0.2) is 17.4 Å². The molecule has 10 heteroatoms. The number of pyridine rings is 1. The van der Waals surface area contributed by atoms with Crippen LogP contribution in [0.15, 0.2) is 116 Å². The number of sulfonamides is 1. The summed E-state index contributed by atoms with van der Waals surface area (Å²) < 4.78 is 44.2. The summed E-state index contributed by atoms with van der Waals surface area (Å²) in [6.07, 6.45) is 1.46. The number of hydrogen-bond acceptors (Lipinski definition) is 5. The molecule has 0 atom stereocenters. The Labute approximate surface area is 225 Å². The second kappa shape index (κ2) is 10.2. The van der Waals surface area contributed by atoms with Gasteiger partial charge in [-0.3, -0.25) is 14.5 Å². The maximum atomic E-state index is 14.1. The molecule has 0 radical (unpaired) electrons. The van der Waals surface area contributed by atoms with E-state index < -0.39 is 27.3 Å². The normalized spacial score (nSPS) is 11.7. The van der Waals surface area contributed by atoms with Crippen LogP contribution in [-0.2, 0) is 10.0 Å². The summed E-state index contributed by atoms with van der Waals surface area (Å²) in [4.78, 5) is 17.7. The Morgan fingerprint density at radius 2 is 1.58 bits per heavy atom. The van der Waals surface area contributed by atoms with Crippen LogP contribution < -0.4 is 10.3 Å². The molecule has 0 spiro atoms. The molecule has 1 heterocycles. The summed E-state index contributed by atoms with van der Waals surface area (Å²) in [5.74, 6) is -1.14. The second-order valence-corrected chi connectivity index (χ2v) is 10.8. The molecule has 2 N–H and O–H groups in total. The number of nitrogens with zero attached hydrogens (tertiary/aromatic N) is 2. The molecule has 0 amide bonds. The molecule has 0 unspecified atom stereocenters. The molecule has 7 nitrogen and oxygen atoms in total. The molecular weight excluding hydrogens is 573 g/mol. The average molecular weight is 592 g/mol. The quantitative estimate of drug-likeness (QED) is 0.231. The third-order valence-electron chi connectivity index (χ3n) is 5.78. The minimum absolute atomic E-state index is 0.105. The lowest BCUT2D eigenvalue weighted by Gasteiger charge is -2.15. The second-order valence-electron chi connectivity index (χ2n) is 8.24. The number of rotatable bonds is 6. The van der Waals surface area contributed by atoms with Crippen LogP contribution in [0.2, 0.25) is 0 Å². The van der Waals surface area contributed by atoms with Gasteiger partial charge in [0.1, 0.15) is 5.82 Å². The van der Waals surface area contributed by atoms with E-state index in [0.29, 0.717) is 16.5 Å². The first-order valence-corrected chi connectivity index (χ1v) is 13.6. The van der Waals surface area contributed by atoms with Gasteiger partial charge in [-0.05, 0) is 60.7 Å². The van der Waals surface area contributed by atoms with Gasteiger partial charge in [-0.1, -0.05) is 52.3 Å². The third-order valence-corrected chi connectivity index (χ3v) is 7.67. The van der Waals surface area contributed by atoms with Gasteiger partial charge in [-0.2, -0.15) is 0 Å². The van der Waals surface area contributed by atoms with Gasteiger partial charge in [0.25, 0.3) is 15.6 Å². The van der Waals surface area contributed by atoms with Crippen molar-refractivity contribution < 1.29 is 17.9 Å². The fraction of sp³-hybridized carbons (Fsp3) is 0. The number of halogens is 2. The smallest absolute Gasteiger partial charge is 0.265 e. The maximum Gasteiger partial charge on any atom is 0.265 e. The van der Waals surface area contributed by atoms with Gasteiger partial charge in [0.05, 0.1) is 27.5 Å². The molecule has 0 saturated heterocycles. The van der Waals surface area contributed by atoms with Crippen molar-refractivity contribution >= 4 is 54.3 Å². The monoisotopic (exact) mass is 591 g/mol. The summed E-state index contributed by atoms with van der Waals surface area (Å²) >= 11 is 3.37. The van der Waals surface area contributed by atoms with Crippen molar-refractivity contribution in [3.05, 3.63) is 123 Å². The molecule has 0 bridgehead atoms. The lowest BCUT2D eigenvalue weighted by molar-refractivity contribution is 0.436. The number of aromatic nitrogens is 1. The van der Waals surface area contributed by atoms with E-state index >= 15 is 0 Å². The SMILES string of the molecule is O=c1c2ccccc2c(C=Nc2ccc(Br)cc2)c(O)n1-c1cccc(S(=O)(=O)Nc2ccccc2F)c1. The summed E-state index contributed by atoms with van der Waals surface area (Å²) in [5.41, 5.74) is 0.251. The van der Waals surface area contributed by atoms with Crippen LogP contribution in [0.5, 0.6) is 5.88 Å². The highest BCUT2D eigenvalue weighted by Gasteiger charge is 2.20. The van der Waals surface area contributed by atoms with Crippen LogP contribution >= 0.6 is 15.9 Å². The van der Waals surface area contributed by atoms with Crippen LogP contribution in [0.1, 0.15) is 5.56 Å². The number of hydrogen-bond donors (Lipinski definition) is 2. The summed E-state index contributed by atoms with van der Waals surface area (Å²) in [5, 5.41) is 12.0. The van der Waals surface area contributed by atoms with Crippen molar-refractivity contribution in [2.45, 2.75) is 4.90 Å². The number of para-hydroxylation sites is 1. The number of aliphatic imine (C=N–C) groups is 1. The third kappa shape index (κ3) is 4.96. The first-order valence-electron chi connectivity index (χ1n) is 11.3. The molecule has 5 aromatic rings. The summed E-state index contributed by atoms with van der Waals surface area (Å²) in [6.45, 7) is 0. The zero-order valence-corrected chi connectivity index (χ0v) is 21.9. The topological polar surface area (TPSA) is 101 Å². The predicted octanol–water partition coefficient (Wildman–Crippen LogP) is 6.15. The minimum Gasteiger partial charge on any atom is -0.494 e. The first kappa shape index (κ1) is 25.4. The molecule has 0 aliphatic heterocycles. The number of aromatic hydroxyl groups is 1. The zero-order chi connectivity index (χ0) is 26.9. The Balaban J connectivity index is 1.64. The number of anilines is 1. The highest BCUT2D eigenvalue weighted by atomic mass is 79.9. The fourth-order valence-corrected chi connectivity index (χ4v) is 5.30. The summed E-state index contributed by atoms with van der Waals surface area (Å²) in [7, 11) is -4.21. The van der Waals surface area contributed by atoms with Gasteiger partial charge >= 0.3 is 0 Å². The summed E-state index contributed by atoms with van der Waals surface area (Å²) in [6, 6.07) is 24.8. The van der Waals surface area contributed by atoms with E-state index in [-0.39, 0.29) is 21.8 Å². The van der Waals surface area contributed by atoms with E-state index in [1.165, 1.54) is 48.7 Å². The number of fused-ring (bicyclic) bond motifs is 1. The molecule has 0 aliphatic rings. The largest absolute Gasteiger partial charge is 0.494 e. The average Bonchev–Trinajstić information content (AvgIpc) is 2.91. The van der Waals surface area contributed by atoms with Gasteiger partial charge in [0.15, 0.2) is 0 Å². The lowest BCUT2D eigenvalue weighted by Crippen LogP contribution is -2.21. The van der Waals surface area contributed by atoms with Crippen molar-refractivity contribution in [2.24, 2.45) is 4.99 Å². The molecule has 1 aromatic heterocycles. The van der Waals surface area contributed by atoms with E-state index in [2.05, 4.69) is 25.6 Å². The number of benzene rings is 4. The molecule has 190 valence electrons. The Hall–Kier alpha value is -4.28. The van der Waals surface area contributed by atoms with E-state index in [0.717, 1.165) is 15.1 Å². The van der Waals surface area contributed by atoms with E-state index in [1.54, 1.807) is 36.4 Å². The van der Waals surface area contributed by atoms with E-state index in [9.17, 15) is 22.7 Å². The molecule has 4 aromatic carbocycles. The van der Waals surface area contributed by atoms with Crippen molar-refractivity contribution in [1.82, 2.24) is 4.57 Å². The maximum absolute atomic E-state index is 14.1. The number of nitrogens with one attached hydrogen (secondary N) is 1. The van der Waals surface area contributed by atoms with Gasteiger partial charge < -0.3 is 5.11 Å². The standard InChI is InChI=1S/C28H19BrFN3O4S/c29-18-12-14-19(15-13-18)31-17-24-22-8-1-2-9-23(22)27(34)33(28(24)35)20-6-5-7-21(16-20)38(36,37)32-26-11-4-3-10-25(26)30/h1-17,32,35H. The molecule has 0 fully saturated rings. The van der Waals surface area contributed by atoms with Crippen LogP contribution in [0.4, 0.5) is 15.8 Å². The first-order chi connectivity index (χ1) is 18.2. The van der Waals surface area contributed by atoms with Crippen LogP contribution in [0.3, 0.4) is 0 Å². The predicted molar refractivity (Wildman–Crippen MR) is 150 cm³/mol. The fourth-order valence-electron chi connectivity index (χ4n) is 3.93. The van der Waals surface area contributed by atoms with Crippen molar-refractivity contribution in [3.63, 3.8) is 0 Å². The van der Waals surface area contributed by atoms with Crippen LogP contribution in [0, 0.1) is 5.82 Å². The Morgan fingerprint density at radius 1 is 0.895 bits per heavy atom. The highest BCUT2D eigenvalue weighted by molar-refractivity contribution is 9.10. The van der Waals surface area contributed by atoms with Crippen molar-refractivity contribution in [1.29, 1.82) is 0 Å². The zero-order valence-electron chi connectivity index (χ0n) is 19.5. The van der Waals surface area contributed by atoms with Gasteiger partial charge in [0, 0.05) is 21.5 Å². The minimum atomic E-state index is -4.21. The highest BCUT2D eigenvalue weighted by Crippen LogP contribution is 2.28. The van der Waals surface area contributed by atoms with Crippen molar-refractivity contribution in [2.75, 3.05) is 4.72 Å². The van der Waals surface area contributed by atoms with Crippen LogP contribution in [-0.4, -0.2) is 24.3 Å². The van der Waals surface area contributed by atoms with E-state index in [1.807, 2.05) is 12.1 Å². The van der Waals surface area contributed by atoms with Crippen LogP contribution in [0.25, 0.3) is 16.5 Å². The van der Waals surface area contributed by atoms with E-state index in [4.69, 9.17) is 0 Å². The molecule has 5 rings (SSSR count). The molecule has 0 saturated carbocycles. The Bertz CT molecular complexity index is 1870. The Kier molecular flexibility index (Phi) is 6.83.